The number of rotatable bonds is 4. The van der Waals surface area contributed by atoms with Gasteiger partial charge in [0.25, 0.3) is 5.69 Å². The van der Waals surface area contributed by atoms with Crippen molar-refractivity contribution in [1.82, 2.24) is 0 Å². The van der Waals surface area contributed by atoms with E-state index in [1.165, 1.54) is 18.0 Å². The summed E-state index contributed by atoms with van der Waals surface area (Å²) in [4.78, 5) is 11.2. The summed E-state index contributed by atoms with van der Waals surface area (Å²) < 4.78 is 1.97. The number of benzene rings is 2. The summed E-state index contributed by atoms with van der Waals surface area (Å²) in [6.07, 6.45) is 0. The smallest absolute Gasteiger partial charge is 0.270 e. The molecule has 0 spiro atoms. The topological polar surface area (TPSA) is 46.4 Å². The lowest BCUT2D eigenvalue weighted by Crippen LogP contribution is -2.05. The molecule has 0 bridgehead atoms. The molecule has 0 unspecified atom stereocenters. The van der Waals surface area contributed by atoms with Crippen molar-refractivity contribution in [2.24, 2.45) is 0 Å². The lowest BCUT2D eigenvalue weighted by Gasteiger charge is -2.17. The lowest BCUT2D eigenvalue weighted by molar-refractivity contribution is -0.385. The maximum Gasteiger partial charge on any atom is 0.270 e. The summed E-state index contributed by atoms with van der Waals surface area (Å²) in [5.74, 6) is 0. The molecular formula is C13H12N2O2S. The second-order valence-electron chi connectivity index (χ2n) is 3.68. The van der Waals surface area contributed by atoms with Crippen molar-refractivity contribution >= 4 is 23.3 Å². The largest absolute Gasteiger partial charge is 0.315 e. The van der Waals surface area contributed by atoms with Gasteiger partial charge in [-0.15, -0.1) is 0 Å². The molecule has 0 aliphatic carbocycles. The first-order valence-corrected chi connectivity index (χ1v) is 6.15. The maximum absolute atomic E-state index is 10.7. The zero-order valence-electron chi connectivity index (χ0n) is 9.82. The fourth-order valence-electron chi connectivity index (χ4n) is 1.50. The number of nitro groups is 1. The summed E-state index contributed by atoms with van der Waals surface area (Å²) in [5, 5.41) is 10.7. The average molecular weight is 260 g/mol. The first-order chi connectivity index (χ1) is 8.66. The van der Waals surface area contributed by atoms with Crippen LogP contribution in [0.25, 0.3) is 0 Å². The van der Waals surface area contributed by atoms with E-state index in [0.29, 0.717) is 0 Å². The predicted octanol–water partition coefficient (Wildman–Crippen LogP) is 3.74. The third kappa shape index (κ3) is 3.01. The molecule has 92 valence electrons. The van der Waals surface area contributed by atoms with E-state index in [2.05, 4.69) is 0 Å². The van der Waals surface area contributed by atoms with E-state index < -0.39 is 0 Å². The normalized spacial score (nSPS) is 10.1. The third-order valence-corrected chi connectivity index (χ3v) is 3.34. The summed E-state index contributed by atoms with van der Waals surface area (Å²) in [7, 11) is 1.93. The molecule has 0 atom stereocenters. The minimum absolute atomic E-state index is 0.112. The van der Waals surface area contributed by atoms with E-state index in [1.807, 2.05) is 47.8 Å². The number of hydrogen-bond acceptors (Lipinski definition) is 4. The van der Waals surface area contributed by atoms with Crippen LogP contribution in [0.2, 0.25) is 0 Å². The SMILES string of the molecule is CN(Sc1cccc([N+](=O)[O-])c1)c1ccccc1. The lowest BCUT2D eigenvalue weighted by atomic mass is 10.3. The minimum atomic E-state index is -0.382. The van der Waals surface area contributed by atoms with Gasteiger partial charge in [-0.2, -0.15) is 0 Å². The third-order valence-electron chi connectivity index (χ3n) is 2.39. The molecule has 18 heavy (non-hydrogen) atoms. The van der Waals surface area contributed by atoms with Crippen molar-refractivity contribution in [1.29, 1.82) is 0 Å². The molecule has 2 aromatic rings. The first kappa shape index (κ1) is 12.4. The van der Waals surface area contributed by atoms with Crippen LogP contribution in [-0.4, -0.2) is 12.0 Å². The number of hydrogen-bond donors (Lipinski definition) is 0. The van der Waals surface area contributed by atoms with Crippen LogP contribution >= 0.6 is 11.9 Å². The zero-order valence-corrected chi connectivity index (χ0v) is 10.6. The summed E-state index contributed by atoms with van der Waals surface area (Å²) in [5.41, 5.74) is 1.16. The Balaban J connectivity index is 2.14. The highest BCUT2D eigenvalue weighted by molar-refractivity contribution is 8.00. The second-order valence-corrected chi connectivity index (χ2v) is 4.88. The highest BCUT2D eigenvalue weighted by Gasteiger charge is 2.08. The van der Waals surface area contributed by atoms with Crippen molar-refractivity contribution in [3.8, 4) is 0 Å². The van der Waals surface area contributed by atoms with Crippen molar-refractivity contribution in [2.75, 3.05) is 11.4 Å². The highest BCUT2D eigenvalue weighted by atomic mass is 32.2. The first-order valence-electron chi connectivity index (χ1n) is 5.38. The molecule has 0 aliphatic rings. The molecule has 0 saturated carbocycles. The van der Waals surface area contributed by atoms with E-state index in [9.17, 15) is 10.1 Å². The Labute approximate surface area is 110 Å². The Morgan fingerprint density at radius 2 is 1.83 bits per heavy atom. The molecule has 0 radical (unpaired) electrons. The summed E-state index contributed by atoms with van der Waals surface area (Å²) >= 11 is 1.46. The Morgan fingerprint density at radius 1 is 1.11 bits per heavy atom. The molecule has 0 heterocycles. The number of anilines is 1. The Hall–Kier alpha value is -2.01. The number of para-hydroxylation sites is 1. The van der Waals surface area contributed by atoms with Crippen LogP contribution in [0, 0.1) is 10.1 Å². The van der Waals surface area contributed by atoms with E-state index in [1.54, 1.807) is 12.1 Å². The van der Waals surface area contributed by atoms with Gasteiger partial charge >= 0.3 is 0 Å². The molecule has 0 N–H and O–H groups in total. The van der Waals surface area contributed by atoms with Crippen LogP contribution in [0.15, 0.2) is 59.5 Å². The Morgan fingerprint density at radius 3 is 2.50 bits per heavy atom. The molecule has 2 rings (SSSR count). The standard InChI is InChI=1S/C13H12N2O2S/c1-14(11-6-3-2-4-7-11)18-13-9-5-8-12(10-13)15(16)17/h2-10H,1H3. The van der Waals surface area contributed by atoms with Gasteiger partial charge in [0.1, 0.15) is 0 Å². The number of non-ortho nitro benzene ring substituents is 1. The second kappa shape index (κ2) is 5.55. The molecule has 0 amide bonds. The van der Waals surface area contributed by atoms with Gasteiger partial charge in [0, 0.05) is 29.8 Å². The fourth-order valence-corrected chi connectivity index (χ4v) is 2.36. The van der Waals surface area contributed by atoms with E-state index in [4.69, 9.17) is 0 Å². The van der Waals surface area contributed by atoms with Crippen LogP contribution in [-0.2, 0) is 0 Å². The van der Waals surface area contributed by atoms with Gasteiger partial charge in [-0.3, -0.25) is 10.1 Å². The predicted molar refractivity (Wildman–Crippen MR) is 73.8 cm³/mol. The minimum Gasteiger partial charge on any atom is -0.315 e. The Kier molecular flexibility index (Phi) is 3.84. The number of nitro benzene ring substituents is 1. The molecule has 0 aliphatic heterocycles. The molecule has 4 nitrogen and oxygen atoms in total. The van der Waals surface area contributed by atoms with Crippen LogP contribution in [0.1, 0.15) is 0 Å². The van der Waals surface area contributed by atoms with E-state index in [-0.39, 0.29) is 10.6 Å². The van der Waals surface area contributed by atoms with Crippen LogP contribution < -0.4 is 4.31 Å². The van der Waals surface area contributed by atoms with Gasteiger partial charge in [-0.05, 0) is 30.1 Å². The molecule has 0 fully saturated rings. The Bertz CT molecular complexity index is 546. The molecule has 0 aromatic heterocycles. The molecule has 5 heteroatoms. The van der Waals surface area contributed by atoms with E-state index >= 15 is 0 Å². The molecule has 0 saturated heterocycles. The number of nitrogens with zero attached hydrogens (tertiary/aromatic N) is 2. The molecular weight excluding hydrogens is 248 g/mol. The van der Waals surface area contributed by atoms with Gasteiger partial charge in [0.15, 0.2) is 0 Å². The van der Waals surface area contributed by atoms with Crippen molar-refractivity contribution in [3.63, 3.8) is 0 Å². The van der Waals surface area contributed by atoms with Crippen LogP contribution in [0.4, 0.5) is 11.4 Å². The fraction of sp³-hybridized carbons (Fsp3) is 0.0769. The van der Waals surface area contributed by atoms with Crippen LogP contribution in [0.5, 0.6) is 0 Å². The van der Waals surface area contributed by atoms with Gasteiger partial charge < -0.3 is 4.31 Å². The zero-order chi connectivity index (χ0) is 13.0. The van der Waals surface area contributed by atoms with Gasteiger partial charge in [-0.25, -0.2) is 0 Å². The van der Waals surface area contributed by atoms with Crippen molar-refractivity contribution in [2.45, 2.75) is 4.90 Å². The van der Waals surface area contributed by atoms with Crippen molar-refractivity contribution < 1.29 is 4.92 Å². The van der Waals surface area contributed by atoms with Crippen LogP contribution in [0.3, 0.4) is 0 Å². The average Bonchev–Trinajstić information content (AvgIpc) is 2.40. The highest BCUT2D eigenvalue weighted by Crippen LogP contribution is 2.28. The quantitative estimate of drug-likeness (QED) is 0.477. The monoisotopic (exact) mass is 260 g/mol. The van der Waals surface area contributed by atoms with Gasteiger partial charge in [0.2, 0.25) is 0 Å². The summed E-state index contributed by atoms with van der Waals surface area (Å²) in [6, 6.07) is 16.5. The summed E-state index contributed by atoms with van der Waals surface area (Å²) in [6.45, 7) is 0. The van der Waals surface area contributed by atoms with E-state index in [0.717, 1.165) is 10.6 Å². The molecule has 2 aromatic carbocycles. The van der Waals surface area contributed by atoms with Gasteiger partial charge in [-0.1, -0.05) is 24.3 Å². The maximum atomic E-state index is 10.7. The van der Waals surface area contributed by atoms with Crippen molar-refractivity contribution in [3.05, 3.63) is 64.7 Å². The van der Waals surface area contributed by atoms with Gasteiger partial charge in [0.05, 0.1) is 4.92 Å².